The molecule has 0 fully saturated rings. The molecule has 0 aliphatic rings. The molecule has 0 aliphatic heterocycles. The van der Waals surface area contributed by atoms with Crippen LogP contribution >= 0.6 is 0 Å². The fourth-order valence-electron chi connectivity index (χ4n) is 2.52. The van der Waals surface area contributed by atoms with Gasteiger partial charge in [-0.25, -0.2) is 4.79 Å². The van der Waals surface area contributed by atoms with Crippen molar-refractivity contribution in [1.29, 1.82) is 0 Å². The zero-order valence-electron chi connectivity index (χ0n) is 15.1. The van der Waals surface area contributed by atoms with Crippen LogP contribution in [0.2, 0.25) is 0 Å². The van der Waals surface area contributed by atoms with Crippen LogP contribution < -0.4 is 5.32 Å². The summed E-state index contributed by atoms with van der Waals surface area (Å²) >= 11 is 0. The molecule has 5 heteroatoms. The highest BCUT2D eigenvalue weighted by Gasteiger charge is 2.15. The van der Waals surface area contributed by atoms with Gasteiger partial charge in [0.15, 0.2) is 0 Å². The van der Waals surface area contributed by atoms with E-state index in [2.05, 4.69) is 24.3 Å². The summed E-state index contributed by atoms with van der Waals surface area (Å²) in [5.74, 6) is 1.39. The van der Waals surface area contributed by atoms with Crippen LogP contribution in [-0.4, -0.2) is 27.3 Å². The summed E-state index contributed by atoms with van der Waals surface area (Å²) in [6.45, 7) is 7.64. The second-order valence-corrected chi connectivity index (χ2v) is 6.51. The summed E-state index contributed by atoms with van der Waals surface area (Å²) in [6.07, 6.45) is 2.03. The van der Waals surface area contributed by atoms with Crippen molar-refractivity contribution in [2.45, 2.75) is 40.2 Å². The summed E-state index contributed by atoms with van der Waals surface area (Å²) < 4.78 is 1.74. The van der Waals surface area contributed by atoms with Crippen LogP contribution in [0, 0.1) is 5.92 Å². The lowest BCUT2D eigenvalue weighted by Gasteiger charge is -2.21. The first-order valence-electron chi connectivity index (χ1n) is 8.62. The predicted molar refractivity (Wildman–Crippen MR) is 97.9 cm³/mol. The van der Waals surface area contributed by atoms with Gasteiger partial charge in [-0.15, -0.1) is 0 Å². The molecule has 0 saturated heterocycles. The number of nitrogens with one attached hydrogen (secondary N) is 1. The summed E-state index contributed by atoms with van der Waals surface area (Å²) in [5, 5.41) is 7.47. The molecule has 0 atom stereocenters. The van der Waals surface area contributed by atoms with Crippen LogP contribution in [0.3, 0.4) is 0 Å². The Bertz CT molecular complexity index is 649. The van der Waals surface area contributed by atoms with Crippen molar-refractivity contribution in [2.75, 3.05) is 11.9 Å². The average molecular weight is 328 g/mol. The third-order valence-electron chi connectivity index (χ3n) is 4.03. The van der Waals surface area contributed by atoms with Gasteiger partial charge in [0, 0.05) is 26.2 Å². The number of hydrogen-bond acceptors (Lipinski definition) is 2. The Balaban J connectivity index is 1.99. The Morgan fingerprint density at radius 1 is 1.29 bits per heavy atom. The molecule has 1 N–H and O–H groups in total. The molecule has 0 saturated carbocycles. The number of rotatable bonds is 7. The van der Waals surface area contributed by atoms with Crippen molar-refractivity contribution in [3.8, 4) is 0 Å². The van der Waals surface area contributed by atoms with Gasteiger partial charge >= 0.3 is 6.03 Å². The van der Waals surface area contributed by atoms with Gasteiger partial charge in [-0.05, 0) is 31.2 Å². The number of aryl methyl sites for hydroxylation is 2. The van der Waals surface area contributed by atoms with Crippen molar-refractivity contribution < 1.29 is 4.79 Å². The van der Waals surface area contributed by atoms with Gasteiger partial charge in [-0.1, -0.05) is 44.2 Å². The molecule has 2 amide bonds. The van der Waals surface area contributed by atoms with Crippen LogP contribution in [0.15, 0.2) is 36.4 Å². The Kier molecular flexibility index (Phi) is 6.41. The van der Waals surface area contributed by atoms with Crippen molar-refractivity contribution in [3.05, 3.63) is 47.7 Å². The molecule has 1 aromatic carbocycles. The SMILES string of the molecule is CCN(Cc1ccccc1)C(=O)Nc1cc(CCC(C)C)nn1C. The average Bonchev–Trinajstić information content (AvgIpc) is 2.91. The number of anilines is 1. The Labute approximate surface area is 144 Å². The van der Waals surface area contributed by atoms with Crippen LogP contribution in [-0.2, 0) is 20.0 Å². The second kappa shape index (κ2) is 8.52. The molecule has 0 unspecified atom stereocenters. The maximum Gasteiger partial charge on any atom is 0.323 e. The molecule has 130 valence electrons. The highest BCUT2D eigenvalue weighted by molar-refractivity contribution is 5.88. The van der Waals surface area contributed by atoms with E-state index in [1.54, 1.807) is 9.58 Å². The van der Waals surface area contributed by atoms with Gasteiger partial charge in [-0.3, -0.25) is 10.00 Å². The second-order valence-electron chi connectivity index (χ2n) is 6.51. The lowest BCUT2D eigenvalue weighted by Crippen LogP contribution is -2.34. The molecule has 0 spiro atoms. The molecule has 24 heavy (non-hydrogen) atoms. The maximum atomic E-state index is 12.5. The minimum absolute atomic E-state index is 0.0974. The Hall–Kier alpha value is -2.30. The summed E-state index contributed by atoms with van der Waals surface area (Å²) in [4.78, 5) is 14.3. The van der Waals surface area contributed by atoms with E-state index in [0.717, 1.165) is 29.9 Å². The Morgan fingerprint density at radius 3 is 2.62 bits per heavy atom. The van der Waals surface area contributed by atoms with Gasteiger partial charge < -0.3 is 4.90 Å². The summed E-state index contributed by atoms with van der Waals surface area (Å²) in [5.41, 5.74) is 2.14. The number of amides is 2. The van der Waals surface area contributed by atoms with Gasteiger partial charge in [0.2, 0.25) is 0 Å². The maximum absolute atomic E-state index is 12.5. The molecule has 1 aromatic heterocycles. The smallest absolute Gasteiger partial charge is 0.320 e. The van der Waals surface area contributed by atoms with Crippen molar-refractivity contribution in [2.24, 2.45) is 13.0 Å². The highest BCUT2D eigenvalue weighted by atomic mass is 16.2. The summed E-state index contributed by atoms with van der Waals surface area (Å²) in [7, 11) is 1.86. The monoisotopic (exact) mass is 328 g/mol. The minimum Gasteiger partial charge on any atom is -0.320 e. The number of nitrogens with zero attached hydrogens (tertiary/aromatic N) is 3. The fraction of sp³-hybridized carbons (Fsp3) is 0.474. The largest absolute Gasteiger partial charge is 0.323 e. The number of urea groups is 1. The van der Waals surface area contributed by atoms with E-state index in [0.29, 0.717) is 19.0 Å². The quantitative estimate of drug-likeness (QED) is 0.833. The minimum atomic E-state index is -0.0974. The molecule has 0 radical (unpaired) electrons. The van der Waals surface area contributed by atoms with Crippen molar-refractivity contribution >= 4 is 11.8 Å². The molecule has 2 aromatic rings. The first-order chi connectivity index (χ1) is 11.5. The number of hydrogen-bond donors (Lipinski definition) is 1. The third-order valence-corrected chi connectivity index (χ3v) is 4.03. The van der Waals surface area contributed by atoms with E-state index < -0.39 is 0 Å². The van der Waals surface area contributed by atoms with E-state index in [9.17, 15) is 4.79 Å². The predicted octanol–water partition coefficient (Wildman–Crippen LogP) is 4.06. The fourth-order valence-corrected chi connectivity index (χ4v) is 2.52. The number of carbonyl (C=O) groups excluding carboxylic acids is 1. The van der Waals surface area contributed by atoms with E-state index in [1.165, 1.54) is 0 Å². The molecular formula is C19H28N4O. The van der Waals surface area contributed by atoms with E-state index in [-0.39, 0.29) is 6.03 Å². The van der Waals surface area contributed by atoms with Crippen molar-refractivity contribution in [1.82, 2.24) is 14.7 Å². The highest BCUT2D eigenvalue weighted by Crippen LogP contribution is 2.14. The van der Waals surface area contributed by atoms with E-state index >= 15 is 0 Å². The van der Waals surface area contributed by atoms with Crippen LogP contribution in [0.1, 0.15) is 38.4 Å². The normalized spacial score (nSPS) is 10.9. The standard InChI is InChI=1S/C19H28N4O/c1-5-23(14-16-9-7-6-8-10-16)19(24)20-18-13-17(21-22(18)4)12-11-15(2)3/h6-10,13,15H,5,11-12,14H2,1-4H3,(H,20,24). The molecule has 0 aliphatic carbocycles. The topological polar surface area (TPSA) is 50.2 Å². The molecular weight excluding hydrogens is 300 g/mol. The number of aromatic nitrogens is 2. The zero-order valence-corrected chi connectivity index (χ0v) is 15.1. The molecule has 0 bridgehead atoms. The van der Waals surface area contributed by atoms with Gasteiger partial charge in [-0.2, -0.15) is 5.10 Å². The van der Waals surface area contributed by atoms with Crippen LogP contribution in [0.5, 0.6) is 0 Å². The first kappa shape index (κ1) is 18.0. The zero-order chi connectivity index (χ0) is 17.5. The van der Waals surface area contributed by atoms with E-state index in [1.807, 2.05) is 50.4 Å². The first-order valence-corrected chi connectivity index (χ1v) is 8.62. The molecule has 1 heterocycles. The lowest BCUT2D eigenvalue weighted by molar-refractivity contribution is 0.212. The van der Waals surface area contributed by atoms with Crippen molar-refractivity contribution in [3.63, 3.8) is 0 Å². The number of carbonyl (C=O) groups is 1. The number of benzene rings is 1. The van der Waals surface area contributed by atoms with Crippen LogP contribution in [0.4, 0.5) is 10.6 Å². The Morgan fingerprint density at radius 2 is 2.00 bits per heavy atom. The van der Waals surface area contributed by atoms with Gasteiger partial charge in [0.05, 0.1) is 5.69 Å². The lowest BCUT2D eigenvalue weighted by atomic mass is 10.1. The third kappa shape index (κ3) is 5.11. The van der Waals surface area contributed by atoms with E-state index in [4.69, 9.17) is 0 Å². The molecule has 2 rings (SSSR count). The van der Waals surface area contributed by atoms with Gasteiger partial charge in [0.25, 0.3) is 0 Å². The molecule has 5 nitrogen and oxygen atoms in total. The van der Waals surface area contributed by atoms with Crippen LogP contribution in [0.25, 0.3) is 0 Å². The van der Waals surface area contributed by atoms with Gasteiger partial charge in [0.1, 0.15) is 5.82 Å². The summed E-state index contributed by atoms with van der Waals surface area (Å²) in [6, 6.07) is 11.9.